The fraction of sp³-hybridized carbons (Fsp3) is 0.685. The summed E-state index contributed by atoms with van der Waals surface area (Å²) in [6, 6.07) is 0. The standard InChI is InChI=1S/C73H122O6/c1-4-7-10-13-16-19-22-25-28-31-33-34-35-36-37-38-40-42-45-48-51-54-57-60-63-66-72(75)78-69-70(68-77-71(74)65-62-59-56-53-50-47-44-41-30-27-24-21-18-15-12-9-6-3)79-73(76)67-64-61-58-55-52-49-46-43-39-32-29-26-23-20-17-14-11-8-5-2/h8-9,11-12,17-18,20-21,26-27,29-30,39,43-44,47,49,52,58,61,70H,4-7,10,13-16,19,22-25,28,31-38,40-42,45-46,48,50-51,53-57,59-60,62-69H2,1-3H3/b11-8-,12-9-,20-17-,21-18-,29-26-,30-27-,43-39-,47-44-,52-49-,61-58-. The molecule has 0 aromatic heterocycles. The summed E-state index contributed by atoms with van der Waals surface area (Å²) in [5.74, 6) is -1.02. The Hall–Kier alpha value is -4.19. The number of carbonyl (C=O) groups excluding carboxylic acids is 3. The third kappa shape index (κ3) is 64.5. The zero-order chi connectivity index (χ0) is 57.1. The van der Waals surface area contributed by atoms with Gasteiger partial charge in [-0.3, -0.25) is 14.4 Å². The van der Waals surface area contributed by atoms with Crippen molar-refractivity contribution < 1.29 is 28.6 Å². The summed E-state index contributed by atoms with van der Waals surface area (Å²) in [5, 5.41) is 0. The van der Waals surface area contributed by atoms with Crippen molar-refractivity contribution in [3.63, 3.8) is 0 Å². The van der Waals surface area contributed by atoms with E-state index >= 15 is 0 Å². The van der Waals surface area contributed by atoms with Crippen molar-refractivity contribution in [2.45, 2.75) is 309 Å². The number of hydrogen-bond acceptors (Lipinski definition) is 6. The summed E-state index contributed by atoms with van der Waals surface area (Å²) < 4.78 is 16.9. The molecule has 0 saturated heterocycles. The van der Waals surface area contributed by atoms with E-state index in [2.05, 4.69) is 136 Å². The van der Waals surface area contributed by atoms with Crippen LogP contribution in [0.3, 0.4) is 0 Å². The lowest BCUT2D eigenvalue weighted by atomic mass is 10.0. The van der Waals surface area contributed by atoms with Gasteiger partial charge in [0.1, 0.15) is 13.2 Å². The quantitative estimate of drug-likeness (QED) is 0.0261. The lowest BCUT2D eigenvalue weighted by Crippen LogP contribution is -2.30. The summed E-state index contributed by atoms with van der Waals surface area (Å²) in [5.41, 5.74) is 0. The van der Waals surface area contributed by atoms with Crippen molar-refractivity contribution in [1.29, 1.82) is 0 Å². The molecule has 0 radical (unpaired) electrons. The Labute approximate surface area is 488 Å². The summed E-state index contributed by atoms with van der Waals surface area (Å²) >= 11 is 0. The number of hydrogen-bond donors (Lipinski definition) is 0. The van der Waals surface area contributed by atoms with Gasteiger partial charge in [-0.15, -0.1) is 0 Å². The van der Waals surface area contributed by atoms with Gasteiger partial charge >= 0.3 is 17.9 Å². The molecule has 0 aromatic carbocycles. The minimum atomic E-state index is -0.833. The number of carbonyl (C=O) groups is 3. The van der Waals surface area contributed by atoms with Crippen molar-refractivity contribution in [2.75, 3.05) is 13.2 Å². The fourth-order valence-corrected chi connectivity index (χ4v) is 9.11. The van der Waals surface area contributed by atoms with Gasteiger partial charge in [-0.05, 0) is 96.3 Å². The Balaban J connectivity index is 4.44. The largest absolute Gasteiger partial charge is 0.462 e. The van der Waals surface area contributed by atoms with Gasteiger partial charge in [0.2, 0.25) is 0 Å². The van der Waals surface area contributed by atoms with E-state index in [1.54, 1.807) is 0 Å². The SMILES string of the molecule is CC/C=C\C/C=C\C/C=C\C/C=C\C/C=C\C/C=C\CCC(=O)OC(COC(=O)CCCCCC/C=C\C/C=C\C/C=C\C/C=C\CC)COC(=O)CCCCCCCCCCCCCCCCCCCCCCCCCCC. The maximum atomic E-state index is 12.9. The molecule has 0 heterocycles. The smallest absolute Gasteiger partial charge is 0.306 e. The maximum Gasteiger partial charge on any atom is 0.306 e. The summed E-state index contributed by atoms with van der Waals surface area (Å²) in [6.07, 6.45) is 92.3. The van der Waals surface area contributed by atoms with E-state index in [-0.39, 0.29) is 31.6 Å². The molecule has 0 spiro atoms. The van der Waals surface area contributed by atoms with E-state index in [0.29, 0.717) is 19.3 Å². The Morgan fingerprint density at radius 1 is 0.266 bits per heavy atom. The van der Waals surface area contributed by atoms with Gasteiger partial charge in [0.05, 0.1) is 0 Å². The summed E-state index contributed by atoms with van der Waals surface area (Å²) in [6.45, 7) is 6.36. The fourth-order valence-electron chi connectivity index (χ4n) is 9.11. The van der Waals surface area contributed by atoms with Crippen LogP contribution in [0.25, 0.3) is 0 Å². The van der Waals surface area contributed by atoms with Crippen LogP contribution in [0.2, 0.25) is 0 Å². The number of ether oxygens (including phenoxy) is 3. The second-order valence-corrected chi connectivity index (χ2v) is 21.6. The normalized spacial score (nSPS) is 12.9. The molecule has 6 nitrogen and oxygen atoms in total. The average Bonchev–Trinajstić information content (AvgIpc) is 3.45. The first-order valence-electron chi connectivity index (χ1n) is 33.0. The molecule has 1 atom stereocenters. The molecular weight excluding hydrogens is 973 g/mol. The Morgan fingerprint density at radius 3 is 0.823 bits per heavy atom. The second kappa shape index (κ2) is 66.3. The van der Waals surface area contributed by atoms with Crippen molar-refractivity contribution in [2.24, 2.45) is 0 Å². The first kappa shape index (κ1) is 74.8. The number of allylic oxidation sites excluding steroid dienone is 20. The van der Waals surface area contributed by atoms with E-state index < -0.39 is 12.1 Å². The van der Waals surface area contributed by atoms with Gasteiger partial charge in [-0.25, -0.2) is 0 Å². The first-order valence-corrected chi connectivity index (χ1v) is 33.0. The minimum Gasteiger partial charge on any atom is -0.462 e. The molecule has 6 heteroatoms. The van der Waals surface area contributed by atoms with Gasteiger partial charge in [-0.1, -0.05) is 309 Å². The van der Waals surface area contributed by atoms with E-state index in [9.17, 15) is 14.4 Å². The van der Waals surface area contributed by atoms with Crippen LogP contribution in [-0.2, 0) is 28.6 Å². The molecule has 0 aliphatic rings. The Morgan fingerprint density at radius 2 is 0.519 bits per heavy atom. The molecule has 0 saturated carbocycles. The molecule has 0 N–H and O–H groups in total. The summed E-state index contributed by atoms with van der Waals surface area (Å²) in [4.78, 5) is 38.3. The third-order valence-electron chi connectivity index (χ3n) is 14.0. The average molecular weight is 1100 g/mol. The molecule has 0 fully saturated rings. The molecule has 0 bridgehead atoms. The number of unbranched alkanes of at least 4 members (excludes halogenated alkanes) is 28. The lowest BCUT2D eigenvalue weighted by Gasteiger charge is -2.18. The van der Waals surface area contributed by atoms with Gasteiger partial charge in [0, 0.05) is 19.3 Å². The van der Waals surface area contributed by atoms with E-state index in [1.807, 2.05) is 6.08 Å². The Kier molecular flexibility index (Phi) is 62.8. The van der Waals surface area contributed by atoms with Gasteiger partial charge in [0.25, 0.3) is 0 Å². The Bertz CT molecular complexity index is 1640. The highest BCUT2D eigenvalue weighted by molar-refractivity contribution is 5.71. The third-order valence-corrected chi connectivity index (χ3v) is 14.0. The van der Waals surface area contributed by atoms with Crippen LogP contribution < -0.4 is 0 Å². The maximum absolute atomic E-state index is 12.9. The van der Waals surface area contributed by atoms with Crippen molar-refractivity contribution in [3.8, 4) is 0 Å². The molecule has 450 valence electrons. The molecule has 79 heavy (non-hydrogen) atoms. The monoisotopic (exact) mass is 1090 g/mol. The summed E-state index contributed by atoms with van der Waals surface area (Å²) in [7, 11) is 0. The second-order valence-electron chi connectivity index (χ2n) is 21.6. The van der Waals surface area contributed by atoms with E-state index in [0.717, 1.165) is 116 Å². The molecular formula is C73H122O6. The molecule has 0 amide bonds. The molecule has 0 rings (SSSR count). The number of esters is 3. The van der Waals surface area contributed by atoms with E-state index in [1.165, 1.54) is 141 Å². The van der Waals surface area contributed by atoms with Crippen LogP contribution in [0.15, 0.2) is 122 Å². The molecule has 0 aromatic rings. The van der Waals surface area contributed by atoms with Crippen LogP contribution in [0.1, 0.15) is 303 Å². The highest BCUT2D eigenvalue weighted by Crippen LogP contribution is 2.17. The highest BCUT2D eigenvalue weighted by atomic mass is 16.6. The molecule has 1 unspecified atom stereocenters. The van der Waals surface area contributed by atoms with Gasteiger partial charge in [-0.2, -0.15) is 0 Å². The van der Waals surface area contributed by atoms with Crippen LogP contribution in [0, 0.1) is 0 Å². The van der Waals surface area contributed by atoms with E-state index in [4.69, 9.17) is 14.2 Å². The van der Waals surface area contributed by atoms with Crippen molar-refractivity contribution in [1.82, 2.24) is 0 Å². The highest BCUT2D eigenvalue weighted by Gasteiger charge is 2.19. The zero-order valence-electron chi connectivity index (χ0n) is 51.6. The predicted molar refractivity (Wildman–Crippen MR) is 343 cm³/mol. The van der Waals surface area contributed by atoms with Gasteiger partial charge in [0.15, 0.2) is 6.10 Å². The van der Waals surface area contributed by atoms with Crippen LogP contribution in [0.4, 0.5) is 0 Å². The lowest BCUT2D eigenvalue weighted by molar-refractivity contribution is -0.166. The first-order chi connectivity index (χ1) is 39.0. The minimum absolute atomic E-state index is 0.117. The molecule has 0 aliphatic carbocycles. The number of rotatable bonds is 59. The topological polar surface area (TPSA) is 78.9 Å². The zero-order valence-corrected chi connectivity index (χ0v) is 51.6. The molecule has 0 aliphatic heterocycles. The van der Waals surface area contributed by atoms with Crippen molar-refractivity contribution >= 4 is 17.9 Å². The predicted octanol–water partition coefficient (Wildman–Crippen LogP) is 22.8. The van der Waals surface area contributed by atoms with Crippen molar-refractivity contribution in [3.05, 3.63) is 122 Å². The van der Waals surface area contributed by atoms with Crippen LogP contribution in [-0.4, -0.2) is 37.2 Å². The van der Waals surface area contributed by atoms with Crippen LogP contribution >= 0.6 is 0 Å². The van der Waals surface area contributed by atoms with Crippen LogP contribution in [0.5, 0.6) is 0 Å². The van der Waals surface area contributed by atoms with Gasteiger partial charge < -0.3 is 14.2 Å².